The molecule has 3 fully saturated rings. The van der Waals surface area contributed by atoms with E-state index in [0.29, 0.717) is 40.5 Å². The molecule has 0 spiro atoms. The van der Waals surface area contributed by atoms with Crippen LogP contribution < -0.4 is 20.9 Å². The third kappa shape index (κ3) is 4.84. The first kappa shape index (κ1) is 24.5. The molecule has 12 heteroatoms. The number of hydrogen-bond acceptors (Lipinski definition) is 7. The van der Waals surface area contributed by atoms with E-state index in [1.807, 2.05) is 47.1 Å². The Morgan fingerprint density at radius 1 is 1.07 bits per heavy atom. The standard InChI is InChI=1S/C28H25ClN8O3/c29-18-3-1-2-16(6-18)20-8-21(20)27(39)34-24-9-23(31-14-32-24)30-10-19-12-36-11-17(15-4-5-15)7-22(26(36)33-19)37-13-25(38)35-28(37)40/h1-3,6-7,9,11-12,14-15,20-21H,4-5,8,10,13H2,(H,35,38,40)(H2,30,31,32,34,39)/t20-,21+/m1/s1. The number of pyridine rings is 1. The van der Waals surface area contributed by atoms with Crippen LogP contribution in [0.5, 0.6) is 0 Å². The third-order valence-corrected chi connectivity index (χ3v) is 7.74. The van der Waals surface area contributed by atoms with Gasteiger partial charge in [0.15, 0.2) is 5.65 Å². The van der Waals surface area contributed by atoms with Gasteiger partial charge >= 0.3 is 6.03 Å². The number of fused-ring (bicyclic) bond motifs is 1. The Morgan fingerprint density at radius 3 is 2.70 bits per heavy atom. The number of carbonyl (C=O) groups is 3. The lowest BCUT2D eigenvalue weighted by molar-refractivity contribution is -0.118. The third-order valence-electron chi connectivity index (χ3n) is 7.51. The molecule has 7 rings (SSSR count). The first-order valence-electron chi connectivity index (χ1n) is 13.2. The van der Waals surface area contributed by atoms with Crippen molar-refractivity contribution in [1.82, 2.24) is 24.7 Å². The van der Waals surface area contributed by atoms with Crippen LogP contribution in [0.25, 0.3) is 5.65 Å². The molecular formula is C28H25ClN8O3. The number of nitrogens with one attached hydrogen (secondary N) is 3. The molecule has 0 unspecified atom stereocenters. The van der Waals surface area contributed by atoms with E-state index in [4.69, 9.17) is 16.6 Å². The molecule has 2 saturated carbocycles. The molecule has 4 amide bonds. The van der Waals surface area contributed by atoms with E-state index in [1.165, 1.54) is 11.2 Å². The zero-order chi connectivity index (χ0) is 27.4. The molecule has 3 N–H and O–H groups in total. The summed E-state index contributed by atoms with van der Waals surface area (Å²) >= 11 is 6.10. The number of hydrogen-bond donors (Lipinski definition) is 3. The number of urea groups is 1. The van der Waals surface area contributed by atoms with Gasteiger partial charge in [0.1, 0.15) is 24.5 Å². The number of anilines is 3. The predicted molar refractivity (Wildman–Crippen MR) is 148 cm³/mol. The predicted octanol–water partition coefficient (Wildman–Crippen LogP) is 4.07. The Balaban J connectivity index is 1.04. The van der Waals surface area contributed by atoms with E-state index in [0.717, 1.165) is 36.1 Å². The van der Waals surface area contributed by atoms with Crippen LogP contribution in [0.15, 0.2) is 55.1 Å². The van der Waals surface area contributed by atoms with Crippen LogP contribution in [0.4, 0.5) is 22.1 Å². The molecule has 3 aliphatic rings. The van der Waals surface area contributed by atoms with E-state index in [9.17, 15) is 14.4 Å². The minimum atomic E-state index is -0.442. The van der Waals surface area contributed by atoms with Crippen LogP contribution in [0.1, 0.15) is 47.9 Å². The second-order valence-corrected chi connectivity index (χ2v) is 10.9. The van der Waals surface area contributed by atoms with Crippen LogP contribution in [0.2, 0.25) is 5.02 Å². The quantitative estimate of drug-likeness (QED) is 0.279. The van der Waals surface area contributed by atoms with E-state index in [-0.39, 0.29) is 30.2 Å². The highest BCUT2D eigenvalue weighted by Crippen LogP contribution is 2.48. The van der Waals surface area contributed by atoms with Crippen molar-refractivity contribution in [3.63, 3.8) is 0 Å². The van der Waals surface area contributed by atoms with Gasteiger partial charge in [-0.05, 0) is 60.4 Å². The highest BCUT2D eigenvalue weighted by atomic mass is 35.5. The summed E-state index contributed by atoms with van der Waals surface area (Å²) in [5.74, 6) is 1.02. The number of amides is 4. The van der Waals surface area contributed by atoms with Crippen LogP contribution in [-0.2, 0) is 16.1 Å². The maximum Gasteiger partial charge on any atom is 0.329 e. The van der Waals surface area contributed by atoms with E-state index in [1.54, 1.807) is 6.07 Å². The monoisotopic (exact) mass is 556 g/mol. The Morgan fingerprint density at radius 2 is 1.93 bits per heavy atom. The molecule has 1 saturated heterocycles. The molecule has 2 atom stereocenters. The molecule has 3 aromatic heterocycles. The fourth-order valence-electron chi connectivity index (χ4n) is 5.23. The largest absolute Gasteiger partial charge is 0.364 e. The molecule has 2 aliphatic carbocycles. The summed E-state index contributed by atoms with van der Waals surface area (Å²) < 4.78 is 1.91. The van der Waals surface area contributed by atoms with Crippen LogP contribution in [0.3, 0.4) is 0 Å². The number of benzene rings is 1. The van der Waals surface area contributed by atoms with Gasteiger partial charge in [-0.1, -0.05) is 23.7 Å². The van der Waals surface area contributed by atoms with Crippen molar-refractivity contribution >= 4 is 52.4 Å². The maximum absolute atomic E-state index is 12.8. The fraction of sp³-hybridized carbons (Fsp3) is 0.286. The number of aromatic nitrogens is 4. The van der Waals surface area contributed by atoms with Gasteiger partial charge < -0.3 is 15.0 Å². The van der Waals surface area contributed by atoms with Gasteiger partial charge in [0.25, 0.3) is 0 Å². The smallest absolute Gasteiger partial charge is 0.329 e. The van der Waals surface area contributed by atoms with Crippen molar-refractivity contribution in [2.45, 2.75) is 37.6 Å². The van der Waals surface area contributed by atoms with Crippen molar-refractivity contribution in [3.05, 3.63) is 77.0 Å². The van der Waals surface area contributed by atoms with Crippen molar-refractivity contribution in [2.24, 2.45) is 5.92 Å². The van der Waals surface area contributed by atoms with Gasteiger partial charge in [0.2, 0.25) is 11.8 Å². The van der Waals surface area contributed by atoms with Gasteiger partial charge in [-0.25, -0.2) is 19.7 Å². The van der Waals surface area contributed by atoms with Gasteiger partial charge in [-0.3, -0.25) is 19.8 Å². The van der Waals surface area contributed by atoms with E-state index in [2.05, 4.69) is 25.9 Å². The Hall–Kier alpha value is -4.51. The van der Waals surface area contributed by atoms with Gasteiger partial charge in [-0.15, -0.1) is 0 Å². The lowest BCUT2D eigenvalue weighted by Gasteiger charge is -2.15. The summed E-state index contributed by atoms with van der Waals surface area (Å²) in [5.41, 5.74) is 4.12. The normalized spacial score (nSPS) is 20.1. The number of rotatable bonds is 8. The summed E-state index contributed by atoms with van der Waals surface area (Å²) in [5, 5.41) is 9.13. The minimum Gasteiger partial charge on any atom is -0.364 e. The molecule has 40 heavy (non-hydrogen) atoms. The van der Waals surface area contributed by atoms with E-state index >= 15 is 0 Å². The van der Waals surface area contributed by atoms with Crippen molar-refractivity contribution in [3.8, 4) is 0 Å². The molecule has 4 heterocycles. The van der Waals surface area contributed by atoms with Gasteiger partial charge in [0.05, 0.1) is 17.9 Å². The first-order chi connectivity index (χ1) is 19.4. The summed E-state index contributed by atoms with van der Waals surface area (Å²) in [4.78, 5) is 51.7. The van der Waals surface area contributed by atoms with Crippen molar-refractivity contribution < 1.29 is 14.4 Å². The maximum atomic E-state index is 12.8. The highest BCUT2D eigenvalue weighted by Gasteiger charge is 2.44. The second-order valence-electron chi connectivity index (χ2n) is 10.5. The lowest BCUT2D eigenvalue weighted by atomic mass is 10.1. The zero-order valence-corrected chi connectivity index (χ0v) is 22.1. The molecule has 0 bridgehead atoms. The van der Waals surface area contributed by atoms with Crippen LogP contribution >= 0.6 is 11.6 Å². The molecule has 0 radical (unpaired) electrons. The zero-order valence-electron chi connectivity index (χ0n) is 21.3. The lowest BCUT2D eigenvalue weighted by Crippen LogP contribution is -2.28. The number of imide groups is 1. The topological polar surface area (TPSA) is 134 Å². The number of imidazole rings is 1. The molecule has 202 valence electrons. The average molecular weight is 557 g/mol. The van der Waals surface area contributed by atoms with Crippen molar-refractivity contribution in [1.29, 1.82) is 0 Å². The summed E-state index contributed by atoms with van der Waals surface area (Å²) in [6.07, 6.45) is 8.32. The fourth-order valence-corrected chi connectivity index (χ4v) is 5.42. The SMILES string of the molecule is O=C1CN(c2cc(C3CC3)cn3cc(CNc4cc(NC(=O)[C@H]5C[C@@H]5c5cccc(Cl)c5)ncn4)nc23)C(=O)N1. The number of halogens is 1. The molecule has 1 aromatic carbocycles. The number of carbonyl (C=O) groups excluding carboxylic acids is 3. The van der Waals surface area contributed by atoms with Crippen LogP contribution in [-0.4, -0.2) is 43.7 Å². The molecule has 11 nitrogen and oxygen atoms in total. The second kappa shape index (κ2) is 9.60. The summed E-state index contributed by atoms with van der Waals surface area (Å²) in [6.45, 7) is 0.327. The molecule has 1 aliphatic heterocycles. The van der Waals surface area contributed by atoms with Crippen LogP contribution in [0, 0.1) is 5.92 Å². The minimum absolute atomic E-state index is 0.0286. The van der Waals surface area contributed by atoms with Gasteiger partial charge in [-0.2, -0.15) is 0 Å². The average Bonchev–Trinajstić information content (AvgIpc) is 3.86. The first-order valence-corrected chi connectivity index (χ1v) is 13.5. The molecule has 4 aromatic rings. The van der Waals surface area contributed by atoms with Gasteiger partial charge in [0, 0.05) is 29.4 Å². The summed E-state index contributed by atoms with van der Waals surface area (Å²) in [6, 6.07) is 10.8. The Kier molecular flexibility index (Phi) is 5.88. The van der Waals surface area contributed by atoms with Crippen molar-refractivity contribution in [2.75, 3.05) is 22.1 Å². The Labute approximate surface area is 234 Å². The molecular weight excluding hydrogens is 532 g/mol. The Bertz CT molecular complexity index is 1680. The van der Waals surface area contributed by atoms with E-state index < -0.39 is 6.03 Å². The highest BCUT2D eigenvalue weighted by molar-refractivity contribution is 6.30. The number of nitrogens with zero attached hydrogens (tertiary/aromatic N) is 5. The summed E-state index contributed by atoms with van der Waals surface area (Å²) in [7, 11) is 0.